The van der Waals surface area contributed by atoms with Crippen molar-refractivity contribution in [2.24, 2.45) is 0 Å². The summed E-state index contributed by atoms with van der Waals surface area (Å²) in [4.78, 5) is 11.4. The van der Waals surface area contributed by atoms with Crippen LogP contribution in [0.5, 0.6) is 0 Å². The summed E-state index contributed by atoms with van der Waals surface area (Å²) < 4.78 is 27.6. The van der Waals surface area contributed by atoms with E-state index in [0.29, 0.717) is 17.7 Å². The van der Waals surface area contributed by atoms with E-state index in [2.05, 4.69) is 4.74 Å². The lowest BCUT2D eigenvalue weighted by Gasteiger charge is -2.10. The molecule has 1 N–H and O–H groups in total. The molecule has 0 radical (unpaired) electrons. The number of benzene rings is 2. The van der Waals surface area contributed by atoms with E-state index in [1.807, 2.05) is 24.3 Å². The predicted molar refractivity (Wildman–Crippen MR) is 101 cm³/mol. The highest BCUT2D eigenvalue weighted by molar-refractivity contribution is 7.90. The van der Waals surface area contributed by atoms with Gasteiger partial charge in [0.2, 0.25) is 0 Å². The number of aliphatic hydroxyl groups excluding tert-OH is 1. The first kappa shape index (κ1) is 20.1. The summed E-state index contributed by atoms with van der Waals surface area (Å²) in [6.07, 6.45) is 2.58. The smallest absolute Gasteiger partial charge is 0.305 e. The van der Waals surface area contributed by atoms with Crippen LogP contribution in [0, 0.1) is 0 Å². The molecule has 0 spiro atoms. The first-order chi connectivity index (χ1) is 12.3. The fraction of sp³-hybridized carbons (Fsp3) is 0.350. The third-order valence-electron chi connectivity index (χ3n) is 4.25. The molecule has 1 atom stereocenters. The zero-order valence-corrected chi connectivity index (χ0v) is 15.8. The highest BCUT2D eigenvalue weighted by Crippen LogP contribution is 2.22. The van der Waals surface area contributed by atoms with Gasteiger partial charge in [-0.05, 0) is 48.1 Å². The molecule has 6 heteroatoms. The molecule has 5 nitrogen and oxygen atoms in total. The lowest BCUT2D eigenvalue weighted by atomic mass is 10.00. The van der Waals surface area contributed by atoms with Crippen molar-refractivity contribution in [2.45, 2.75) is 36.7 Å². The number of rotatable bonds is 8. The van der Waals surface area contributed by atoms with E-state index in [9.17, 15) is 18.3 Å². The van der Waals surface area contributed by atoms with E-state index in [1.54, 1.807) is 24.3 Å². The molecule has 2 rings (SSSR count). The minimum absolute atomic E-state index is 0.222. The van der Waals surface area contributed by atoms with E-state index < -0.39 is 15.9 Å². The molecule has 26 heavy (non-hydrogen) atoms. The Bertz CT molecular complexity index is 824. The van der Waals surface area contributed by atoms with Crippen molar-refractivity contribution < 1.29 is 23.1 Å². The standard InChI is InChI=1S/C20H24O5S/c1-25-20(22)14-11-18(21)10-5-15-3-6-16(7-4-15)17-8-12-19(13-9-17)26(2,23)24/h3-4,6-9,12-13,18,21H,5,10-11,14H2,1-2H3/t18-/m1/s1. The first-order valence-corrected chi connectivity index (χ1v) is 10.3. The summed E-state index contributed by atoms with van der Waals surface area (Å²) in [5.74, 6) is -0.310. The fourth-order valence-electron chi connectivity index (χ4n) is 2.62. The number of ether oxygens (including phenoxy) is 1. The van der Waals surface area contributed by atoms with Crippen LogP contribution in [0.2, 0.25) is 0 Å². The van der Waals surface area contributed by atoms with Gasteiger partial charge in [-0.1, -0.05) is 36.4 Å². The van der Waals surface area contributed by atoms with Crippen LogP contribution in [0.4, 0.5) is 0 Å². The maximum atomic E-state index is 11.5. The molecule has 0 unspecified atom stereocenters. The van der Waals surface area contributed by atoms with Crippen LogP contribution in [0.3, 0.4) is 0 Å². The van der Waals surface area contributed by atoms with Gasteiger partial charge in [0.1, 0.15) is 0 Å². The van der Waals surface area contributed by atoms with Gasteiger partial charge in [-0.25, -0.2) is 8.42 Å². The Labute approximate surface area is 154 Å². The molecule has 0 heterocycles. The summed E-state index contributed by atoms with van der Waals surface area (Å²) in [5.41, 5.74) is 3.04. The number of methoxy groups -OCH3 is 1. The van der Waals surface area contributed by atoms with Crippen molar-refractivity contribution in [1.82, 2.24) is 0 Å². The summed E-state index contributed by atoms with van der Waals surface area (Å²) >= 11 is 0. The van der Waals surface area contributed by atoms with E-state index in [1.165, 1.54) is 13.4 Å². The maximum Gasteiger partial charge on any atom is 0.305 e. The lowest BCUT2D eigenvalue weighted by Crippen LogP contribution is -2.11. The third-order valence-corrected chi connectivity index (χ3v) is 5.37. The number of esters is 1. The molecule has 0 amide bonds. The van der Waals surface area contributed by atoms with E-state index >= 15 is 0 Å². The van der Waals surface area contributed by atoms with Crippen LogP contribution in [-0.2, 0) is 25.8 Å². The number of sulfone groups is 1. The summed E-state index contributed by atoms with van der Waals surface area (Å²) in [6.45, 7) is 0. The molecule has 0 saturated heterocycles. The van der Waals surface area contributed by atoms with Crippen molar-refractivity contribution in [3.63, 3.8) is 0 Å². The molecule has 2 aromatic rings. The number of aryl methyl sites for hydroxylation is 1. The average molecular weight is 376 g/mol. The van der Waals surface area contributed by atoms with Gasteiger partial charge in [0.15, 0.2) is 9.84 Å². The van der Waals surface area contributed by atoms with Gasteiger partial charge in [-0.15, -0.1) is 0 Å². The minimum Gasteiger partial charge on any atom is -0.469 e. The molecule has 0 aliphatic heterocycles. The molecular weight excluding hydrogens is 352 g/mol. The van der Waals surface area contributed by atoms with Crippen molar-refractivity contribution in [2.75, 3.05) is 13.4 Å². The van der Waals surface area contributed by atoms with Crippen LogP contribution in [0.25, 0.3) is 11.1 Å². The monoisotopic (exact) mass is 376 g/mol. The minimum atomic E-state index is -3.19. The van der Waals surface area contributed by atoms with E-state index in [4.69, 9.17) is 0 Å². The fourth-order valence-corrected chi connectivity index (χ4v) is 3.25. The predicted octanol–water partition coefficient (Wildman–Crippen LogP) is 3.00. The molecule has 0 aliphatic carbocycles. The first-order valence-electron chi connectivity index (χ1n) is 8.44. The van der Waals surface area contributed by atoms with Crippen molar-refractivity contribution in [3.8, 4) is 11.1 Å². The van der Waals surface area contributed by atoms with Gasteiger partial charge < -0.3 is 9.84 Å². The van der Waals surface area contributed by atoms with Gasteiger partial charge in [0.25, 0.3) is 0 Å². The highest BCUT2D eigenvalue weighted by Gasteiger charge is 2.09. The molecular formula is C20H24O5S. The van der Waals surface area contributed by atoms with Gasteiger partial charge in [0, 0.05) is 12.7 Å². The molecule has 140 valence electrons. The normalized spacial score (nSPS) is 12.6. The zero-order valence-electron chi connectivity index (χ0n) is 15.0. The number of aliphatic hydroxyl groups is 1. The number of hydrogen-bond acceptors (Lipinski definition) is 5. The van der Waals surface area contributed by atoms with Gasteiger partial charge >= 0.3 is 5.97 Å². The van der Waals surface area contributed by atoms with E-state index in [-0.39, 0.29) is 12.4 Å². The van der Waals surface area contributed by atoms with Gasteiger partial charge in [-0.3, -0.25) is 4.79 Å². The Morgan fingerprint density at radius 3 is 2.04 bits per heavy atom. The van der Waals surface area contributed by atoms with Crippen LogP contribution in [0.15, 0.2) is 53.4 Å². The van der Waals surface area contributed by atoms with Crippen molar-refractivity contribution >= 4 is 15.8 Å². The second-order valence-corrected chi connectivity index (χ2v) is 8.32. The number of carbonyl (C=O) groups is 1. The second-order valence-electron chi connectivity index (χ2n) is 6.30. The van der Waals surface area contributed by atoms with Crippen LogP contribution >= 0.6 is 0 Å². The van der Waals surface area contributed by atoms with Crippen molar-refractivity contribution in [3.05, 3.63) is 54.1 Å². The maximum absolute atomic E-state index is 11.5. The van der Waals surface area contributed by atoms with Crippen molar-refractivity contribution in [1.29, 1.82) is 0 Å². The quantitative estimate of drug-likeness (QED) is 0.717. The molecule has 0 bridgehead atoms. The number of hydrogen-bond donors (Lipinski definition) is 1. The Hall–Kier alpha value is -2.18. The van der Waals surface area contributed by atoms with Crippen LogP contribution in [-0.4, -0.2) is 39.0 Å². The summed E-state index contributed by atoms with van der Waals surface area (Å²) in [7, 11) is -1.85. The molecule has 0 saturated carbocycles. The Morgan fingerprint density at radius 2 is 1.54 bits per heavy atom. The second kappa shape index (κ2) is 8.96. The summed E-state index contributed by atoms with van der Waals surface area (Å²) in [6, 6.07) is 14.7. The molecule has 0 aromatic heterocycles. The van der Waals surface area contributed by atoms with E-state index in [0.717, 1.165) is 23.1 Å². The van der Waals surface area contributed by atoms with Gasteiger partial charge in [0.05, 0.1) is 18.1 Å². The zero-order chi connectivity index (χ0) is 19.2. The average Bonchev–Trinajstić information content (AvgIpc) is 2.64. The van der Waals surface area contributed by atoms with Crippen LogP contribution < -0.4 is 0 Å². The Kier molecular flexibility index (Phi) is 6.94. The Morgan fingerprint density at radius 1 is 1.00 bits per heavy atom. The SMILES string of the molecule is COC(=O)CC[C@H](O)CCc1ccc(-c2ccc(S(C)(=O)=O)cc2)cc1. The van der Waals surface area contributed by atoms with Gasteiger partial charge in [-0.2, -0.15) is 0 Å². The third kappa shape index (κ3) is 5.97. The molecule has 0 aliphatic rings. The topological polar surface area (TPSA) is 80.7 Å². The summed E-state index contributed by atoms with van der Waals surface area (Å²) in [5, 5.41) is 9.92. The highest BCUT2D eigenvalue weighted by atomic mass is 32.2. The Balaban J connectivity index is 1.93. The lowest BCUT2D eigenvalue weighted by molar-refractivity contribution is -0.141. The molecule has 0 fully saturated rings. The molecule has 2 aromatic carbocycles. The van der Waals surface area contributed by atoms with Crippen LogP contribution in [0.1, 0.15) is 24.8 Å². The number of carbonyl (C=O) groups excluding carboxylic acids is 1. The largest absolute Gasteiger partial charge is 0.469 e.